The molecule has 4 rings (SSSR count). The fourth-order valence-electron chi connectivity index (χ4n) is 3.33. The summed E-state index contributed by atoms with van der Waals surface area (Å²) in [6.45, 7) is 1.07. The van der Waals surface area contributed by atoms with Crippen LogP contribution < -0.4 is 9.64 Å². The van der Waals surface area contributed by atoms with Gasteiger partial charge < -0.3 is 9.64 Å². The number of benzene rings is 2. The molecule has 1 fully saturated rings. The molecule has 0 saturated carbocycles. The zero-order chi connectivity index (χ0) is 23.8. The summed E-state index contributed by atoms with van der Waals surface area (Å²) in [5.41, 5.74) is 1.11. The van der Waals surface area contributed by atoms with Crippen LogP contribution in [0.15, 0.2) is 52.7 Å². The molecule has 1 aromatic heterocycles. The number of piperazine rings is 1. The number of ether oxygens (including phenoxy) is 1. The molecule has 0 radical (unpaired) electrons. The van der Waals surface area contributed by atoms with Crippen LogP contribution in [0.5, 0.6) is 5.75 Å². The van der Waals surface area contributed by atoms with Crippen molar-refractivity contribution in [3.8, 4) is 17.0 Å². The van der Waals surface area contributed by atoms with E-state index >= 15 is 0 Å². The average molecular weight is 522 g/mol. The molecule has 0 bridgehead atoms. The maximum atomic E-state index is 13.6. The maximum Gasteiger partial charge on any atom is 0.573 e. The van der Waals surface area contributed by atoms with Gasteiger partial charge >= 0.3 is 6.36 Å². The molecule has 176 valence electrons. The van der Waals surface area contributed by atoms with Crippen LogP contribution in [0.1, 0.15) is 0 Å². The number of anilines is 1. The number of rotatable bonds is 5. The SMILES string of the molecule is O=S(=O)(c1ccc(OC(F)(F)F)cc1)N1CCN(c2nc(-c3cc(F)cc(Cl)c3)cs2)CC1. The summed E-state index contributed by atoms with van der Waals surface area (Å²) >= 11 is 7.26. The summed E-state index contributed by atoms with van der Waals surface area (Å²) in [4.78, 5) is 6.31. The molecule has 6 nitrogen and oxygen atoms in total. The maximum absolute atomic E-state index is 13.6. The molecule has 13 heteroatoms. The van der Waals surface area contributed by atoms with Crippen molar-refractivity contribution in [2.45, 2.75) is 11.3 Å². The van der Waals surface area contributed by atoms with Crippen molar-refractivity contribution in [1.29, 1.82) is 0 Å². The van der Waals surface area contributed by atoms with E-state index in [1.165, 1.54) is 27.8 Å². The van der Waals surface area contributed by atoms with Crippen LogP contribution in [0.2, 0.25) is 5.02 Å². The second kappa shape index (κ2) is 9.09. The Morgan fingerprint density at radius 2 is 1.70 bits per heavy atom. The molecule has 0 aliphatic carbocycles. The van der Waals surface area contributed by atoms with Crippen molar-refractivity contribution in [2.75, 3.05) is 31.1 Å². The quantitative estimate of drug-likeness (QED) is 0.442. The molecule has 0 amide bonds. The van der Waals surface area contributed by atoms with Crippen LogP contribution in [-0.2, 0) is 10.0 Å². The van der Waals surface area contributed by atoms with E-state index in [0.29, 0.717) is 29.5 Å². The first-order chi connectivity index (χ1) is 15.5. The lowest BCUT2D eigenvalue weighted by atomic mass is 10.2. The van der Waals surface area contributed by atoms with Crippen LogP contribution in [0.3, 0.4) is 0 Å². The van der Waals surface area contributed by atoms with E-state index in [2.05, 4.69) is 9.72 Å². The number of sulfonamides is 1. The minimum atomic E-state index is -4.85. The number of alkyl halides is 3. The van der Waals surface area contributed by atoms with E-state index in [4.69, 9.17) is 11.6 Å². The van der Waals surface area contributed by atoms with Crippen molar-refractivity contribution in [3.63, 3.8) is 0 Å². The highest BCUT2D eigenvalue weighted by molar-refractivity contribution is 7.89. The lowest BCUT2D eigenvalue weighted by molar-refractivity contribution is -0.274. The van der Waals surface area contributed by atoms with Gasteiger partial charge in [-0.2, -0.15) is 4.31 Å². The normalized spacial score (nSPS) is 15.6. The highest BCUT2D eigenvalue weighted by Gasteiger charge is 2.32. The van der Waals surface area contributed by atoms with Gasteiger partial charge in [0.15, 0.2) is 5.13 Å². The van der Waals surface area contributed by atoms with Gasteiger partial charge in [-0.15, -0.1) is 24.5 Å². The molecular weight excluding hydrogens is 506 g/mol. The van der Waals surface area contributed by atoms with Gasteiger partial charge in [-0.3, -0.25) is 0 Å². The summed E-state index contributed by atoms with van der Waals surface area (Å²) < 4.78 is 81.3. The Bertz CT molecular complexity index is 1220. The van der Waals surface area contributed by atoms with Crippen LogP contribution in [0, 0.1) is 5.82 Å². The Labute approximate surface area is 196 Å². The fraction of sp³-hybridized carbons (Fsp3) is 0.250. The van der Waals surface area contributed by atoms with Crippen molar-refractivity contribution in [3.05, 3.63) is 58.7 Å². The monoisotopic (exact) mass is 521 g/mol. The Balaban J connectivity index is 1.42. The van der Waals surface area contributed by atoms with E-state index in [1.807, 2.05) is 4.90 Å². The van der Waals surface area contributed by atoms with Gasteiger partial charge in [0.25, 0.3) is 0 Å². The lowest BCUT2D eigenvalue weighted by Gasteiger charge is -2.33. The molecule has 33 heavy (non-hydrogen) atoms. The second-order valence-electron chi connectivity index (χ2n) is 7.08. The van der Waals surface area contributed by atoms with Crippen LogP contribution in [-0.4, -0.2) is 50.2 Å². The molecule has 2 aromatic carbocycles. The molecular formula is C20H16ClF4N3O3S2. The first-order valence-corrected chi connectivity index (χ1v) is 12.2. The molecule has 2 heterocycles. The van der Waals surface area contributed by atoms with E-state index in [9.17, 15) is 26.0 Å². The summed E-state index contributed by atoms with van der Waals surface area (Å²) in [6.07, 6.45) is -4.85. The largest absolute Gasteiger partial charge is 0.573 e. The molecule has 0 unspecified atom stereocenters. The van der Waals surface area contributed by atoms with Gasteiger partial charge in [-0.25, -0.2) is 17.8 Å². The Hall–Kier alpha value is -2.41. The van der Waals surface area contributed by atoms with Gasteiger partial charge in [0, 0.05) is 42.1 Å². The molecule has 1 saturated heterocycles. The number of nitrogens with zero attached hydrogens (tertiary/aromatic N) is 3. The number of hydrogen-bond donors (Lipinski definition) is 0. The number of halogens is 5. The summed E-state index contributed by atoms with van der Waals surface area (Å²) in [7, 11) is -3.88. The Morgan fingerprint density at radius 1 is 1.03 bits per heavy atom. The van der Waals surface area contributed by atoms with E-state index in [-0.39, 0.29) is 23.0 Å². The first kappa shape index (κ1) is 23.7. The third-order valence-corrected chi connectivity index (χ3v) is 7.89. The molecule has 3 aromatic rings. The van der Waals surface area contributed by atoms with Gasteiger partial charge in [0.05, 0.1) is 10.6 Å². The molecule has 1 aliphatic heterocycles. The topological polar surface area (TPSA) is 62.7 Å². The Kier molecular flexibility index (Phi) is 6.54. The number of hydrogen-bond acceptors (Lipinski definition) is 6. The minimum absolute atomic E-state index is 0.120. The zero-order valence-electron chi connectivity index (χ0n) is 16.7. The van der Waals surface area contributed by atoms with Crippen molar-refractivity contribution >= 4 is 38.1 Å². The van der Waals surface area contributed by atoms with Crippen LogP contribution in [0.4, 0.5) is 22.7 Å². The van der Waals surface area contributed by atoms with E-state index < -0.39 is 28.0 Å². The fourth-order valence-corrected chi connectivity index (χ4v) is 5.86. The van der Waals surface area contributed by atoms with Crippen LogP contribution in [0.25, 0.3) is 11.3 Å². The van der Waals surface area contributed by atoms with E-state index in [0.717, 1.165) is 24.3 Å². The molecule has 1 aliphatic rings. The van der Waals surface area contributed by atoms with Crippen LogP contribution >= 0.6 is 22.9 Å². The summed E-state index contributed by atoms with van der Waals surface area (Å²) in [5, 5.41) is 2.70. The number of thiazole rings is 1. The van der Waals surface area contributed by atoms with Gasteiger partial charge in [-0.1, -0.05) is 11.6 Å². The van der Waals surface area contributed by atoms with Gasteiger partial charge in [-0.05, 0) is 42.5 Å². The lowest BCUT2D eigenvalue weighted by Crippen LogP contribution is -2.48. The van der Waals surface area contributed by atoms with Crippen molar-refractivity contribution in [2.24, 2.45) is 0 Å². The van der Waals surface area contributed by atoms with E-state index in [1.54, 1.807) is 11.4 Å². The van der Waals surface area contributed by atoms with Crippen molar-refractivity contribution < 1.29 is 30.7 Å². The second-order valence-corrected chi connectivity index (χ2v) is 10.3. The molecule has 0 atom stereocenters. The first-order valence-electron chi connectivity index (χ1n) is 9.54. The van der Waals surface area contributed by atoms with Gasteiger partial charge in [0.2, 0.25) is 10.0 Å². The Morgan fingerprint density at radius 3 is 2.30 bits per heavy atom. The predicted molar refractivity (Wildman–Crippen MR) is 117 cm³/mol. The molecule has 0 N–H and O–H groups in total. The summed E-state index contributed by atoms with van der Waals surface area (Å²) in [5.74, 6) is -0.964. The summed E-state index contributed by atoms with van der Waals surface area (Å²) in [6, 6.07) is 8.24. The van der Waals surface area contributed by atoms with Gasteiger partial charge in [0.1, 0.15) is 11.6 Å². The number of aromatic nitrogens is 1. The third kappa shape index (κ3) is 5.57. The molecule has 0 spiro atoms. The third-order valence-electron chi connectivity index (χ3n) is 4.85. The standard InChI is InChI=1S/C20H16ClF4N3O3S2/c21-14-9-13(10-15(22)11-14)18-12-32-19(26-18)27-5-7-28(8-6-27)33(29,30)17-3-1-16(2-4-17)31-20(23,24)25/h1-4,9-12H,5-8H2. The zero-order valence-corrected chi connectivity index (χ0v) is 19.1. The minimum Gasteiger partial charge on any atom is -0.406 e. The average Bonchev–Trinajstić information content (AvgIpc) is 3.23. The smallest absolute Gasteiger partial charge is 0.406 e. The van der Waals surface area contributed by atoms with Crippen molar-refractivity contribution in [1.82, 2.24) is 9.29 Å². The highest BCUT2D eigenvalue weighted by atomic mass is 35.5. The predicted octanol–water partition coefficient (Wildman–Crippen LogP) is 5.01. The highest BCUT2D eigenvalue weighted by Crippen LogP contribution is 2.31.